The Hall–Kier alpha value is -1.91. The third kappa shape index (κ3) is 3.29. The van der Waals surface area contributed by atoms with Crippen LogP contribution in [0.1, 0.15) is 35.8 Å². The van der Waals surface area contributed by atoms with Crippen LogP contribution in [0, 0.1) is 6.92 Å². The van der Waals surface area contributed by atoms with Gasteiger partial charge in [-0.05, 0) is 38.8 Å². The van der Waals surface area contributed by atoms with Crippen molar-refractivity contribution in [1.29, 1.82) is 0 Å². The molecule has 1 aromatic rings. The highest BCUT2D eigenvalue weighted by atomic mass is 16.5. The number of esters is 1. The van der Waals surface area contributed by atoms with E-state index in [0.29, 0.717) is 5.56 Å². The zero-order chi connectivity index (χ0) is 13.1. The summed E-state index contributed by atoms with van der Waals surface area (Å²) < 4.78 is 5.08. The zero-order valence-electron chi connectivity index (χ0n) is 10.5. The Morgan fingerprint density at radius 1 is 1.44 bits per heavy atom. The van der Waals surface area contributed by atoms with Crippen LogP contribution in [0.3, 0.4) is 0 Å². The van der Waals surface area contributed by atoms with Crippen LogP contribution >= 0.6 is 0 Å². The molecule has 1 fully saturated rings. The number of hydrogen-bond donors (Lipinski definition) is 1. The van der Waals surface area contributed by atoms with Gasteiger partial charge in [0.15, 0.2) is 6.10 Å². The van der Waals surface area contributed by atoms with E-state index in [-0.39, 0.29) is 11.9 Å². The van der Waals surface area contributed by atoms with E-state index >= 15 is 0 Å². The number of carbonyl (C=O) groups is 2. The normalized spacial score (nSPS) is 15.9. The predicted molar refractivity (Wildman–Crippen MR) is 65.0 cm³/mol. The zero-order valence-corrected chi connectivity index (χ0v) is 10.5. The molecule has 1 amide bonds. The second-order valence-electron chi connectivity index (χ2n) is 4.52. The van der Waals surface area contributed by atoms with Crippen molar-refractivity contribution >= 4 is 11.9 Å². The summed E-state index contributed by atoms with van der Waals surface area (Å²) in [5, 5.41) is 2.79. The summed E-state index contributed by atoms with van der Waals surface area (Å²) in [6.45, 7) is 3.40. The van der Waals surface area contributed by atoms with E-state index in [0.717, 1.165) is 18.5 Å². The van der Waals surface area contributed by atoms with Gasteiger partial charge in [-0.3, -0.25) is 9.78 Å². The van der Waals surface area contributed by atoms with Gasteiger partial charge < -0.3 is 10.1 Å². The average molecular weight is 248 g/mol. The van der Waals surface area contributed by atoms with E-state index < -0.39 is 12.1 Å². The minimum absolute atomic E-state index is 0.245. The molecule has 0 aromatic carbocycles. The highest BCUT2D eigenvalue weighted by Gasteiger charge is 2.27. The van der Waals surface area contributed by atoms with Gasteiger partial charge in [0, 0.05) is 17.9 Å². The Balaban J connectivity index is 1.89. The number of nitrogens with zero attached hydrogens (tertiary/aromatic N) is 1. The molecule has 0 unspecified atom stereocenters. The molecule has 18 heavy (non-hydrogen) atoms. The van der Waals surface area contributed by atoms with Crippen molar-refractivity contribution in [2.75, 3.05) is 0 Å². The fourth-order valence-electron chi connectivity index (χ4n) is 1.42. The molecule has 1 aliphatic rings. The molecule has 0 spiro atoms. The monoisotopic (exact) mass is 248 g/mol. The number of amides is 1. The second kappa shape index (κ2) is 5.16. The minimum atomic E-state index is -0.778. The number of carbonyl (C=O) groups excluding carboxylic acids is 2. The van der Waals surface area contributed by atoms with E-state index in [1.807, 2.05) is 6.92 Å². The molecule has 1 heterocycles. The largest absolute Gasteiger partial charge is 0.449 e. The summed E-state index contributed by atoms with van der Waals surface area (Å²) in [7, 11) is 0. The summed E-state index contributed by atoms with van der Waals surface area (Å²) >= 11 is 0. The van der Waals surface area contributed by atoms with Gasteiger partial charge in [-0.2, -0.15) is 0 Å². The van der Waals surface area contributed by atoms with Crippen LogP contribution in [0.25, 0.3) is 0 Å². The molecule has 0 bridgehead atoms. The van der Waals surface area contributed by atoms with Crippen molar-refractivity contribution in [2.45, 2.75) is 38.8 Å². The molecule has 5 heteroatoms. The number of hydrogen-bond acceptors (Lipinski definition) is 4. The SMILES string of the molecule is Cc1ccc(C(=O)O[C@H](C)C(=O)NC2CC2)cn1. The lowest BCUT2D eigenvalue weighted by Crippen LogP contribution is -2.37. The maximum Gasteiger partial charge on any atom is 0.340 e. The van der Waals surface area contributed by atoms with Gasteiger partial charge in [0.25, 0.3) is 5.91 Å². The third-order valence-electron chi connectivity index (χ3n) is 2.72. The van der Waals surface area contributed by atoms with Gasteiger partial charge in [0.05, 0.1) is 5.56 Å². The fraction of sp³-hybridized carbons (Fsp3) is 0.462. The number of ether oxygens (including phenoxy) is 1. The van der Waals surface area contributed by atoms with Crippen molar-refractivity contribution in [3.8, 4) is 0 Å². The number of rotatable bonds is 4. The van der Waals surface area contributed by atoms with Crippen LogP contribution in [0.15, 0.2) is 18.3 Å². The molecule has 1 N–H and O–H groups in total. The molecule has 0 radical (unpaired) electrons. The van der Waals surface area contributed by atoms with Crippen LogP contribution in [0.4, 0.5) is 0 Å². The molecule has 5 nitrogen and oxygen atoms in total. The number of pyridine rings is 1. The molecule has 1 aliphatic carbocycles. The maximum absolute atomic E-state index is 11.7. The molecular formula is C13H16N2O3. The van der Waals surface area contributed by atoms with E-state index in [2.05, 4.69) is 10.3 Å². The molecule has 0 saturated heterocycles. The average Bonchev–Trinajstić information content (AvgIpc) is 3.13. The van der Waals surface area contributed by atoms with Crippen LogP contribution in [0.2, 0.25) is 0 Å². The van der Waals surface area contributed by atoms with Crippen molar-refractivity contribution in [2.24, 2.45) is 0 Å². The van der Waals surface area contributed by atoms with Gasteiger partial charge in [0.1, 0.15) is 0 Å². The highest BCUT2D eigenvalue weighted by molar-refractivity contribution is 5.92. The molecule has 1 atom stereocenters. The van der Waals surface area contributed by atoms with Crippen LogP contribution in [0.5, 0.6) is 0 Å². The van der Waals surface area contributed by atoms with Gasteiger partial charge in [-0.25, -0.2) is 4.79 Å². The Labute approximate surface area is 106 Å². The van der Waals surface area contributed by atoms with Crippen molar-refractivity contribution in [1.82, 2.24) is 10.3 Å². The molecular weight excluding hydrogens is 232 g/mol. The Morgan fingerprint density at radius 2 is 2.17 bits per heavy atom. The van der Waals surface area contributed by atoms with Gasteiger partial charge in [0.2, 0.25) is 0 Å². The predicted octanol–water partition coefficient (Wildman–Crippen LogP) is 1.21. The van der Waals surface area contributed by atoms with Crippen molar-refractivity contribution in [3.05, 3.63) is 29.6 Å². The summed E-state index contributed by atoms with van der Waals surface area (Å²) in [4.78, 5) is 27.3. The topological polar surface area (TPSA) is 68.3 Å². The molecule has 2 rings (SSSR count). The quantitative estimate of drug-likeness (QED) is 0.813. The first-order valence-electron chi connectivity index (χ1n) is 6.00. The number of nitrogens with one attached hydrogen (secondary N) is 1. The van der Waals surface area contributed by atoms with Gasteiger partial charge >= 0.3 is 5.97 Å². The third-order valence-corrected chi connectivity index (χ3v) is 2.72. The standard InChI is InChI=1S/C13H16N2O3/c1-8-3-4-10(7-14-8)13(17)18-9(2)12(16)15-11-5-6-11/h3-4,7,9,11H,5-6H2,1-2H3,(H,15,16)/t9-/m1/s1. The lowest BCUT2D eigenvalue weighted by molar-refractivity contribution is -0.129. The second-order valence-corrected chi connectivity index (χ2v) is 4.52. The van der Waals surface area contributed by atoms with Crippen molar-refractivity contribution in [3.63, 3.8) is 0 Å². The van der Waals surface area contributed by atoms with Crippen LogP contribution in [-0.2, 0) is 9.53 Å². The van der Waals surface area contributed by atoms with E-state index in [9.17, 15) is 9.59 Å². The molecule has 0 aliphatic heterocycles. The number of aromatic nitrogens is 1. The summed E-state index contributed by atoms with van der Waals surface area (Å²) in [6.07, 6.45) is 2.69. The van der Waals surface area contributed by atoms with E-state index in [4.69, 9.17) is 4.74 Å². The highest BCUT2D eigenvalue weighted by Crippen LogP contribution is 2.18. The van der Waals surface area contributed by atoms with Crippen LogP contribution < -0.4 is 5.32 Å². The Bertz CT molecular complexity index is 452. The summed E-state index contributed by atoms with van der Waals surface area (Å²) in [5.41, 5.74) is 1.18. The first-order chi connectivity index (χ1) is 8.56. The van der Waals surface area contributed by atoms with Crippen LogP contribution in [-0.4, -0.2) is 29.0 Å². The van der Waals surface area contributed by atoms with E-state index in [1.54, 1.807) is 19.1 Å². The Morgan fingerprint density at radius 3 is 2.72 bits per heavy atom. The van der Waals surface area contributed by atoms with Gasteiger partial charge in [-0.15, -0.1) is 0 Å². The summed E-state index contributed by atoms with van der Waals surface area (Å²) in [5.74, 6) is -0.771. The summed E-state index contributed by atoms with van der Waals surface area (Å²) in [6, 6.07) is 3.63. The number of aryl methyl sites for hydroxylation is 1. The van der Waals surface area contributed by atoms with Gasteiger partial charge in [-0.1, -0.05) is 0 Å². The Kier molecular flexibility index (Phi) is 3.60. The fourth-order valence-corrected chi connectivity index (χ4v) is 1.42. The smallest absolute Gasteiger partial charge is 0.340 e. The minimum Gasteiger partial charge on any atom is -0.449 e. The van der Waals surface area contributed by atoms with E-state index in [1.165, 1.54) is 6.20 Å². The first-order valence-corrected chi connectivity index (χ1v) is 6.00. The maximum atomic E-state index is 11.7. The first kappa shape index (κ1) is 12.5. The lowest BCUT2D eigenvalue weighted by Gasteiger charge is -2.12. The molecule has 1 saturated carbocycles. The lowest BCUT2D eigenvalue weighted by atomic mass is 10.2. The molecule has 1 aromatic heterocycles. The van der Waals surface area contributed by atoms with Crippen molar-refractivity contribution < 1.29 is 14.3 Å². The molecule has 96 valence electrons.